The normalized spacial score (nSPS) is 11.2. The highest BCUT2D eigenvalue weighted by atomic mass is 32.2. The van der Waals surface area contributed by atoms with Crippen LogP contribution in [0.1, 0.15) is 10.4 Å². The van der Waals surface area contributed by atoms with Crippen LogP contribution < -0.4 is 5.32 Å². The monoisotopic (exact) mass is 380 g/mol. The molecule has 0 atom stereocenters. The van der Waals surface area contributed by atoms with Gasteiger partial charge in [0, 0.05) is 15.6 Å². The lowest BCUT2D eigenvalue weighted by atomic mass is 10.2. The molecule has 0 spiro atoms. The Morgan fingerprint density at radius 1 is 1.19 bits per heavy atom. The van der Waals surface area contributed by atoms with E-state index in [0.29, 0.717) is 5.69 Å². The van der Waals surface area contributed by atoms with Crippen molar-refractivity contribution < 1.29 is 4.79 Å². The number of hydrogen-bond acceptors (Lipinski definition) is 6. The molecule has 130 valence electrons. The molecule has 5 nitrogen and oxygen atoms in total. The number of anilines is 1. The number of nitrogens with one attached hydrogen (secondary N) is 1. The molecule has 3 aromatic heterocycles. The Hall–Kier alpha value is -2.51. The van der Waals surface area contributed by atoms with Crippen LogP contribution in [0.15, 0.2) is 47.9 Å². The van der Waals surface area contributed by atoms with E-state index in [1.165, 1.54) is 22.2 Å². The van der Waals surface area contributed by atoms with Gasteiger partial charge in [-0.15, -0.1) is 11.3 Å². The van der Waals surface area contributed by atoms with Crippen LogP contribution in [-0.2, 0) is 4.79 Å². The third-order valence-electron chi connectivity index (χ3n) is 4.14. The van der Waals surface area contributed by atoms with Crippen molar-refractivity contribution in [2.45, 2.75) is 18.9 Å². The predicted octanol–water partition coefficient (Wildman–Crippen LogP) is 4.59. The van der Waals surface area contributed by atoms with Crippen LogP contribution in [0.25, 0.3) is 21.1 Å². The lowest BCUT2D eigenvalue weighted by molar-refractivity contribution is -0.113. The van der Waals surface area contributed by atoms with Gasteiger partial charge in [0.1, 0.15) is 16.2 Å². The highest BCUT2D eigenvalue weighted by Gasteiger charge is 2.14. The van der Waals surface area contributed by atoms with Gasteiger partial charge in [-0.1, -0.05) is 30.0 Å². The van der Waals surface area contributed by atoms with Gasteiger partial charge in [0.05, 0.1) is 23.2 Å². The number of rotatable bonds is 4. The van der Waals surface area contributed by atoms with Crippen LogP contribution in [-0.4, -0.2) is 26.6 Å². The number of pyridine rings is 1. The van der Waals surface area contributed by atoms with Crippen molar-refractivity contribution in [1.29, 1.82) is 0 Å². The predicted molar refractivity (Wildman–Crippen MR) is 108 cm³/mol. The highest BCUT2D eigenvalue weighted by Crippen LogP contribution is 2.34. The van der Waals surface area contributed by atoms with Gasteiger partial charge < -0.3 is 5.32 Å². The summed E-state index contributed by atoms with van der Waals surface area (Å²) in [5.74, 6) is 0.205. The van der Waals surface area contributed by atoms with Gasteiger partial charge in [-0.05, 0) is 31.5 Å². The molecular formula is C19H16N4OS2. The first-order valence-electron chi connectivity index (χ1n) is 8.10. The van der Waals surface area contributed by atoms with E-state index < -0.39 is 0 Å². The van der Waals surface area contributed by atoms with Crippen LogP contribution in [0.2, 0.25) is 0 Å². The number of hydrogen-bond donors (Lipinski definition) is 1. The molecule has 0 saturated heterocycles. The van der Waals surface area contributed by atoms with Gasteiger partial charge in [0.2, 0.25) is 5.91 Å². The Bertz CT molecular complexity index is 1120. The molecule has 26 heavy (non-hydrogen) atoms. The number of thiophene rings is 1. The molecule has 0 unspecified atom stereocenters. The summed E-state index contributed by atoms with van der Waals surface area (Å²) in [5, 5.41) is 5.82. The second-order valence-corrected chi connectivity index (χ2v) is 8.06. The number of carbonyl (C=O) groups excluding carboxylic acids is 1. The van der Waals surface area contributed by atoms with E-state index >= 15 is 0 Å². The average molecular weight is 380 g/mol. The molecule has 1 aromatic carbocycles. The highest BCUT2D eigenvalue weighted by molar-refractivity contribution is 8.00. The molecule has 0 saturated carbocycles. The zero-order valence-electron chi connectivity index (χ0n) is 14.3. The fourth-order valence-electron chi connectivity index (χ4n) is 2.73. The molecule has 0 radical (unpaired) electrons. The third-order valence-corrected chi connectivity index (χ3v) is 6.25. The number of benzene rings is 1. The van der Waals surface area contributed by atoms with Crippen LogP contribution in [0.5, 0.6) is 0 Å². The van der Waals surface area contributed by atoms with Gasteiger partial charge in [-0.2, -0.15) is 0 Å². The molecule has 0 fully saturated rings. The zero-order valence-corrected chi connectivity index (χ0v) is 15.9. The zero-order chi connectivity index (χ0) is 18.1. The van der Waals surface area contributed by atoms with Gasteiger partial charge in [-0.3, -0.25) is 9.78 Å². The van der Waals surface area contributed by atoms with Crippen molar-refractivity contribution in [2.24, 2.45) is 0 Å². The SMILES string of the molecule is Cc1sc2ncnc(SCC(=O)Nc3cnc4ccccc4c3)c2c1C. The summed E-state index contributed by atoms with van der Waals surface area (Å²) in [5.41, 5.74) is 2.79. The number of carbonyl (C=O) groups is 1. The van der Waals surface area contributed by atoms with E-state index in [0.717, 1.165) is 26.1 Å². The topological polar surface area (TPSA) is 67.8 Å². The summed E-state index contributed by atoms with van der Waals surface area (Å²) in [6.45, 7) is 4.15. The second kappa shape index (κ2) is 7.01. The lowest BCUT2D eigenvalue weighted by Crippen LogP contribution is -2.14. The molecule has 1 amide bonds. The summed E-state index contributed by atoms with van der Waals surface area (Å²) < 4.78 is 0. The average Bonchev–Trinajstić information content (AvgIpc) is 2.94. The molecule has 0 aliphatic heterocycles. The number of aryl methyl sites for hydroxylation is 2. The van der Waals surface area contributed by atoms with Crippen LogP contribution >= 0.6 is 23.1 Å². The van der Waals surface area contributed by atoms with E-state index in [1.54, 1.807) is 23.9 Å². The van der Waals surface area contributed by atoms with Gasteiger partial charge in [-0.25, -0.2) is 9.97 Å². The van der Waals surface area contributed by atoms with Crippen molar-refractivity contribution >= 4 is 55.8 Å². The number of para-hydroxylation sites is 1. The minimum Gasteiger partial charge on any atom is -0.324 e. The number of fused-ring (bicyclic) bond motifs is 2. The van der Waals surface area contributed by atoms with Crippen LogP contribution in [0.3, 0.4) is 0 Å². The summed E-state index contributed by atoms with van der Waals surface area (Å²) in [6.07, 6.45) is 3.24. The number of nitrogens with zero attached hydrogens (tertiary/aromatic N) is 3. The fourth-order valence-corrected chi connectivity index (χ4v) is 4.65. The van der Waals surface area contributed by atoms with Crippen molar-refractivity contribution in [3.8, 4) is 0 Å². The standard InChI is InChI=1S/C19H16N4OS2/c1-11-12(2)26-19-17(11)18(21-10-22-19)25-9-16(24)23-14-7-13-5-3-4-6-15(13)20-8-14/h3-8,10H,9H2,1-2H3,(H,23,24). The third kappa shape index (κ3) is 3.27. The Balaban J connectivity index is 1.48. The van der Waals surface area contributed by atoms with Crippen molar-refractivity contribution in [3.05, 3.63) is 53.3 Å². The molecule has 3 heterocycles. The quantitative estimate of drug-likeness (QED) is 0.414. The summed E-state index contributed by atoms with van der Waals surface area (Å²) in [6, 6.07) is 9.76. The molecule has 4 rings (SSSR count). The minimum absolute atomic E-state index is 0.0801. The minimum atomic E-state index is -0.0801. The van der Waals surface area contributed by atoms with E-state index in [4.69, 9.17) is 0 Å². The molecule has 1 N–H and O–H groups in total. The summed E-state index contributed by atoms with van der Waals surface area (Å²) >= 11 is 3.09. The van der Waals surface area contributed by atoms with Crippen molar-refractivity contribution in [2.75, 3.05) is 11.1 Å². The van der Waals surface area contributed by atoms with Crippen LogP contribution in [0.4, 0.5) is 5.69 Å². The Morgan fingerprint density at radius 3 is 2.92 bits per heavy atom. The number of amides is 1. The van der Waals surface area contributed by atoms with Crippen molar-refractivity contribution in [3.63, 3.8) is 0 Å². The Morgan fingerprint density at radius 2 is 2.04 bits per heavy atom. The molecule has 4 aromatic rings. The van der Waals surface area contributed by atoms with Gasteiger partial charge in [0.15, 0.2) is 0 Å². The molecule has 0 aliphatic rings. The maximum atomic E-state index is 12.3. The van der Waals surface area contributed by atoms with E-state index in [2.05, 4.69) is 34.1 Å². The number of thioether (sulfide) groups is 1. The van der Waals surface area contributed by atoms with Crippen molar-refractivity contribution in [1.82, 2.24) is 15.0 Å². The molecule has 0 bridgehead atoms. The van der Waals surface area contributed by atoms with Crippen LogP contribution in [0, 0.1) is 13.8 Å². The summed E-state index contributed by atoms with van der Waals surface area (Å²) in [4.78, 5) is 27.6. The lowest BCUT2D eigenvalue weighted by Gasteiger charge is -2.06. The van der Waals surface area contributed by atoms with E-state index in [1.807, 2.05) is 30.3 Å². The first kappa shape index (κ1) is 16.9. The molecule has 0 aliphatic carbocycles. The fraction of sp³-hybridized carbons (Fsp3) is 0.158. The second-order valence-electron chi connectivity index (χ2n) is 5.90. The maximum absolute atomic E-state index is 12.3. The van der Waals surface area contributed by atoms with Gasteiger partial charge in [0.25, 0.3) is 0 Å². The summed E-state index contributed by atoms with van der Waals surface area (Å²) in [7, 11) is 0. The largest absolute Gasteiger partial charge is 0.324 e. The van der Waals surface area contributed by atoms with E-state index in [-0.39, 0.29) is 11.7 Å². The number of aromatic nitrogens is 3. The first-order chi connectivity index (χ1) is 12.6. The smallest absolute Gasteiger partial charge is 0.234 e. The Kier molecular flexibility index (Phi) is 4.57. The maximum Gasteiger partial charge on any atom is 0.234 e. The first-order valence-corrected chi connectivity index (χ1v) is 9.90. The Labute approximate surface area is 158 Å². The molecule has 7 heteroatoms. The van der Waals surface area contributed by atoms with E-state index in [9.17, 15) is 4.79 Å². The van der Waals surface area contributed by atoms with Gasteiger partial charge >= 0.3 is 0 Å². The molecular weight excluding hydrogens is 364 g/mol.